The van der Waals surface area contributed by atoms with E-state index in [9.17, 15) is 14.4 Å². The smallest absolute Gasteiger partial charge is 0.261 e. The fraction of sp³-hybridized carbons (Fsp3) is 0.250. The molecule has 0 aliphatic carbocycles. The number of fused-ring (bicyclic) bond motifs is 1. The Labute approximate surface area is 179 Å². The Morgan fingerprint density at radius 3 is 2.32 bits per heavy atom. The van der Waals surface area contributed by atoms with Crippen LogP contribution in [0.2, 0.25) is 0 Å². The van der Waals surface area contributed by atoms with Crippen LogP contribution in [-0.2, 0) is 6.54 Å². The van der Waals surface area contributed by atoms with E-state index in [4.69, 9.17) is 0 Å². The highest BCUT2D eigenvalue weighted by Crippen LogP contribution is 2.26. The monoisotopic (exact) mass is 414 g/mol. The molecule has 0 radical (unpaired) electrons. The fourth-order valence-corrected chi connectivity index (χ4v) is 4.40. The second-order valence-corrected chi connectivity index (χ2v) is 7.98. The molecule has 3 heterocycles. The number of hydrogen-bond acceptors (Lipinski definition) is 4. The van der Waals surface area contributed by atoms with Crippen molar-refractivity contribution in [2.75, 3.05) is 13.1 Å². The lowest BCUT2D eigenvalue weighted by atomic mass is 10.0. The first kappa shape index (κ1) is 19.2. The summed E-state index contributed by atoms with van der Waals surface area (Å²) >= 11 is 0. The van der Waals surface area contributed by atoms with Crippen LogP contribution in [0.1, 0.15) is 55.5 Å². The highest BCUT2D eigenvalue weighted by atomic mass is 16.2. The van der Waals surface area contributed by atoms with Crippen LogP contribution in [0.5, 0.6) is 0 Å². The van der Waals surface area contributed by atoms with Crippen LogP contribution in [0.4, 0.5) is 0 Å². The summed E-state index contributed by atoms with van der Waals surface area (Å²) in [4.78, 5) is 45.5. The largest absolute Gasteiger partial charge is 0.338 e. The first-order valence-corrected chi connectivity index (χ1v) is 10.4. The molecular weight excluding hydrogens is 392 g/mol. The highest BCUT2D eigenvalue weighted by molar-refractivity contribution is 6.21. The summed E-state index contributed by atoms with van der Waals surface area (Å²) in [6.07, 6.45) is 7.33. The van der Waals surface area contributed by atoms with Gasteiger partial charge < -0.3 is 9.47 Å². The number of amides is 3. The minimum absolute atomic E-state index is 0.0201. The van der Waals surface area contributed by atoms with Crippen LogP contribution in [0.15, 0.2) is 67.3 Å². The lowest BCUT2D eigenvalue weighted by Crippen LogP contribution is -2.39. The molecule has 0 unspecified atom stereocenters. The predicted molar refractivity (Wildman–Crippen MR) is 113 cm³/mol. The molecule has 0 atom stereocenters. The number of hydrogen-bond donors (Lipinski definition) is 0. The van der Waals surface area contributed by atoms with E-state index in [1.54, 1.807) is 48.7 Å². The zero-order valence-corrected chi connectivity index (χ0v) is 17.0. The van der Waals surface area contributed by atoms with E-state index in [-0.39, 0.29) is 24.3 Å². The molecule has 0 spiro atoms. The van der Waals surface area contributed by atoms with E-state index >= 15 is 0 Å². The summed E-state index contributed by atoms with van der Waals surface area (Å²) in [5, 5.41) is 0. The predicted octanol–water partition coefficient (Wildman–Crippen LogP) is 3.16. The van der Waals surface area contributed by atoms with Crippen LogP contribution >= 0.6 is 0 Å². The molecule has 2 aromatic carbocycles. The molecule has 0 saturated carbocycles. The number of carbonyl (C=O) groups excluding carboxylic acids is 3. The minimum atomic E-state index is -0.293. The summed E-state index contributed by atoms with van der Waals surface area (Å²) in [6.45, 7) is 1.52. The lowest BCUT2D eigenvalue weighted by Gasteiger charge is -2.32. The third-order valence-electron chi connectivity index (χ3n) is 6.09. The molecule has 0 bridgehead atoms. The first-order chi connectivity index (χ1) is 15.1. The lowest BCUT2D eigenvalue weighted by molar-refractivity contribution is 0.0641. The molecule has 7 heteroatoms. The molecule has 1 aromatic heterocycles. The Hall–Kier alpha value is -3.74. The van der Waals surface area contributed by atoms with Gasteiger partial charge in [-0.15, -0.1) is 0 Å². The standard InChI is InChI=1S/C24H22N4O3/c29-22(26-11-8-19(9-12-26)27-13-10-25-16-27)18-5-3-4-17(14-18)15-28-23(30)20-6-1-2-7-21(20)24(28)31/h1-7,10,13-14,16,19H,8-9,11-12,15H2. The Morgan fingerprint density at radius 1 is 0.968 bits per heavy atom. The molecular formula is C24H22N4O3. The number of imide groups is 1. The van der Waals surface area contributed by atoms with Gasteiger partial charge in [-0.3, -0.25) is 19.3 Å². The Balaban J connectivity index is 1.27. The number of nitrogens with zero attached hydrogens (tertiary/aromatic N) is 4. The number of aromatic nitrogens is 2. The van der Waals surface area contributed by atoms with Gasteiger partial charge in [0.15, 0.2) is 0 Å². The Morgan fingerprint density at radius 2 is 1.68 bits per heavy atom. The molecule has 1 fully saturated rings. The maximum Gasteiger partial charge on any atom is 0.261 e. The molecule has 2 aliphatic rings. The van der Waals surface area contributed by atoms with E-state index < -0.39 is 0 Å². The molecule has 156 valence electrons. The molecule has 5 rings (SSSR count). The van der Waals surface area contributed by atoms with Gasteiger partial charge in [0.2, 0.25) is 0 Å². The molecule has 3 amide bonds. The maximum atomic E-state index is 13.0. The summed E-state index contributed by atoms with van der Waals surface area (Å²) < 4.78 is 2.10. The van der Waals surface area contributed by atoms with Crippen molar-refractivity contribution < 1.29 is 14.4 Å². The number of rotatable bonds is 4. The normalized spacial score (nSPS) is 16.6. The van der Waals surface area contributed by atoms with Crippen molar-refractivity contribution >= 4 is 17.7 Å². The van der Waals surface area contributed by atoms with Gasteiger partial charge in [0, 0.05) is 37.1 Å². The summed E-state index contributed by atoms with van der Waals surface area (Å²) in [5.74, 6) is -0.605. The van der Waals surface area contributed by atoms with E-state index in [0.29, 0.717) is 35.8 Å². The molecule has 3 aromatic rings. The number of benzene rings is 2. The van der Waals surface area contributed by atoms with E-state index in [0.717, 1.165) is 18.4 Å². The van der Waals surface area contributed by atoms with Gasteiger partial charge in [0.25, 0.3) is 17.7 Å². The average Bonchev–Trinajstić information content (AvgIpc) is 3.43. The van der Waals surface area contributed by atoms with Gasteiger partial charge >= 0.3 is 0 Å². The van der Waals surface area contributed by atoms with Crippen LogP contribution in [-0.4, -0.2) is 50.2 Å². The van der Waals surface area contributed by atoms with Gasteiger partial charge in [-0.1, -0.05) is 24.3 Å². The summed E-state index contributed by atoms with van der Waals surface area (Å²) in [5.41, 5.74) is 2.20. The molecule has 31 heavy (non-hydrogen) atoms. The second kappa shape index (κ2) is 7.83. The number of piperidine rings is 1. The number of carbonyl (C=O) groups is 3. The third-order valence-corrected chi connectivity index (χ3v) is 6.09. The second-order valence-electron chi connectivity index (χ2n) is 7.98. The van der Waals surface area contributed by atoms with Gasteiger partial charge in [-0.05, 0) is 42.7 Å². The van der Waals surface area contributed by atoms with Crippen LogP contribution < -0.4 is 0 Å². The van der Waals surface area contributed by atoms with Gasteiger partial charge in [-0.25, -0.2) is 4.98 Å². The van der Waals surface area contributed by atoms with Crippen molar-refractivity contribution in [1.82, 2.24) is 19.4 Å². The van der Waals surface area contributed by atoms with Gasteiger partial charge in [0.05, 0.1) is 24.0 Å². The van der Waals surface area contributed by atoms with E-state index in [1.165, 1.54) is 4.90 Å². The zero-order valence-electron chi connectivity index (χ0n) is 17.0. The molecule has 1 saturated heterocycles. The highest BCUT2D eigenvalue weighted by Gasteiger charge is 2.35. The maximum absolute atomic E-state index is 13.0. The zero-order chi connectivity index (χ0) is 21.4. The van der Waals surface area contributed by atoms with E-state index in [1.807, 2.05) is 23.5 Å². The van der Waals surface area contributed by atoms with Crippen molar-refractivity contribution in [1.29, 1.82) is 0 Å². The van der Waals surface area contributed by atoms with Crippen molar-refractivity contribution in [3.05, 3.63) is 89.5 Å². The summed E-state index contributed by atoms with van der Waals surface area (Å²) in [7, 11) is 0. The summed E-state index contributed by atoms with van der Waals surface area (Å²) in [6, 6.07) is 14.4. The quantitative estimate of drug-likeness (QED) is 0.615. The average molecular weight is 414 g/mol. The van der Waals surface area contributed by atoms with E-state index in [2.05, 4.69) is 9.55 Å². The van der Waals surface area contributed by atoms with Crippen molar-refractivity contribution in [2.45, 2.75) is 25.4 Å². The van der Waals surface area contributed by atoms with Crippen LogP contribution in [0, 0.1) is 0 Å². The Bertz CT molecular complexity index is 1110. The van der Waals surface area contributed by atoms with Crippen LogP contribution in [0.25, 0.3) is 0 Å². The van der Waals surface area contributed by atoms with Crippen LogP contribution in [0.3, 0.4) is 0 Å². The fourth-order valence-electron chi connectivity index (χ4n) is 4.40. The van der Waals surface area contributed by atoms with Crippen molar-refractivity contribution in [3.63, 3.8) is 0 Å². The molecule has 2 aliphatic heterocycles. The topological polar surface area (TPSA) is 75.5 Å². The van der Waals surface area contributed by atoms with Crippen molar-refractivity contribution in [3.8, 4) is 0 Å². The first-order valence-electron chi connectivity index (χ1n) is 10.4. The third kappa shape index (κ3) is 3.52. The van der Waals surface area contributed by atoms with Gasteiger partial charge in [0.1, 0.15) is 0 Å². The Kier molecular flexibility index (Phi) is 4.86. The number of likely N-dealkylation sites (tertiary alicyclic amines) is 1. The van der Waals surface area contributed by atoms with Crippen molar-refractivity contribution in [2.24, 2.45) is 0 Å². The molecule has 7 nitrogen and oxygen atoms in total. The SMILES string of the molecule is O=C(c1cccc(CN2C(=O)c3ccccc3C2=O)c1)N1CCC(n2ccnc2)CC1. The minimum Gasteiger partial charge on any atom is -0.338 e. The van der Waals surface area contributed by atoms with Gasteiger partial charge in [-0.2, -0.15) is 0 Å². The number of imidazole rings is 1. The molecule has 0 N–H and O–H groups in total.